The Balaban J connectivity index is 1.72. The minimum absolute atomic E-state index is 0.354. The van der Waals surface area contributed by atoms with Crippen molar-refractivity contribution in [2.45, 2.75) is 49.8 Å². The Bertz CT molecular complexity index is 205. The standard InChI is InChI=1S/C11H22N2O2/c12-9-1-2-10(7-9)13-8-11(14)3-5-15-6-4-11/h9-10,13-14H,1-8,12H2. The number of hydrogen-bond donors (Lipinski definition) is 3. The van der Waals surface area contributed by atoms with E-state index in [2.05, 4.69) is 5.32 Å². The second-order valence-electron chi connectivity index (χ2n) is 4.99. The van der Waals surface area contributed by atoms with Crippen LogP contribution in [0.15, 0.2) is 0 Å². The number of nitrogens with two attached hydrogens (primary N) is 1. The van der Waals surface area contributed by atoms with E-state index in [-0.39, 0.29) is 0 Å². The van der Waals surface area contributed by atoms with E-state index in [9.17, 15) is 5.11 Å². The van der Waals surface area contributed by atoms with Crippen LogP contribution in [0.4, 0.5) is 0 Å². The van der Waals surface area contributed by atoms with Gasteiger partial charge in [0, 0.05) is 44.7 Å². The Hall–Kier alpha value is -0.160. The number of ether oxygens (including phenoxy) is 1. The minimum Gasteiger partial charge on any atom is -0.388 e. The van der Waals surface area contributed by atoms with Crippen molar-refractivity contribution >= 4 is 0 Å². The van der Waals surface area contributed by atoms with Gasteiger partial charge in [-0.15, -0.1) is 0 Å². The van der Waals surface area contributed by atoms with E-state index >= 15 is 0 Å². The molecule has 0 aromatic carbocycles. The Kier molecular flexibility index (Phi) is 3.61. The zero-order valence-electron chi connectivity index (χ0n) is 9.24. The van der Waals surface area contributed by atoms with Gasteiger partial charge in [-0.05, 0) is 19.3 Å². The summed E-state index contributed by atoms with van der Waals surface area (Å²) in [4.78, 5) is 0. The molecular formula is C11H22N2O2. The zero-order chi connectivity index (χ0) is 10.7. The SMILES string of the molecule is NC1CCC(NCC2(O)CCOCC2)C1. The smallest absolute Gasteiger partial charge is 0.0815 e. The third kappa shape index (κ3) is 3.14. The first-order valence-electron chi connectivity index (χ1n) is 5.97. The molecule has 2 rings (SSSR count). The van der Waals surface area contributed by atoms with Gasteiger partial charge in [0.25, 0.3) is 0 Å². The maximum Gasteiger partial charge on any atom is 0.0815 e. The molecule has 0 spiro atoms. The van der Waals surface area contributed by atoms with Crippen molar-refractivity contribution in [3.8, 4) is 0 Å². The fourth-order valence-corrected chi connectivity index (χ4v) is 2.46. The van der Waals surface area contributed by atoms with Gasteiger partial charge in [0.05, 0.1) is 5.60 Å². The minimum atomic E-state index is -0.551. The van der Waals surface area contributed by atoms with Gasteiger partial charge in [-0.2, -0.15) is 0 Å². The predicted molar refractivity (Wildman–Crippen MR) is 58.6 cm³/mol. The van der Waals surface area contributed by atoms with Crippen molar-refractivity contribution in [3.63, 3.8) is 0 Å². The maximum absolute atomic E-state index is 10.2. The normalized spacial score (nSPS) is 35.6. The van der Waals surface area contributed by atoms with Crippen molar-refractivity contribution in [3.05, 3.63) is 0 Å². The van der Waals surface area contributed by atoms with Crippen molar-refractivity contribution < 1.29 is 9.84 Å². The molecule has 1 saturated carbocycles. The van der Waals surface area contributed by atoms with Gasteiger partial charge in [-0.25, -0.2) is 0 Å². The van der Waals surface area contributed by atoms with E-state index in [1.165, 1.54) is 0 Å². The second-order valence-corrected chi connectivity index (χ2v) is 4.99. The summed E-state index contributed by atoms with van der Waals surface area (Å²) in [5, 5.41) is 13.7. The largest absolute Gasteiger partial charge is 0.388 e. The Morgan fingerprint density at radius 3 is 2.67 bits per heavy atom. The van der Waals surface area contributed by atoms with Crippen molar-refractivity contribution in [1.29, 1.82) is 0 Å². The third-order valence-electron chi connectivity index (χ3n) is 3.62. The van der Waals surface area contributed by atoms with Crippen LogP contribution in [-0.4, -0.2) is 42.5 Å². The van der Waals surface area contributed by atoms with E-state index in [0.29, 0.717) is 31.8 Å². The molecule has 4 heteroatoms. The Morgan fingerprint density at radius 1 is 1.33 bits per heavy atom. The molecule has 88 valence electrons. The quantitative estimate of drug-likeness (QED) is 0.618. The molecule has 2 aliphatic rings. The highest BCUT2D eigenvalue weighted by Crippen LogP contribution is 2.22. The molecule has 1 aliphatic heterocycles. The fourth-order valence-electron chi connectivity index (χ4n) is 2.46. The molecule has 0 radical (unpaired) electrons. The molecule has 0 aromatic heterocycles. The summed E-state index contributed by atoms with van der Waals surface area (Å²) >= 11 is 0. The lowest BCUT2D eigenvalue weighted by molar-refractivity contribution is -0.0627. The highest BCUT2D eigenvalue weighted by atomic mass is 16.5. The summed E-state index contributed by atoms with van der Waals surface area (Å²) in [6.45, 7) is 2.05. The Morgan fingerprint density at radius 2 is 2.07 bits per heavy atom. The highest BCUT2D eigenvalue weighted by molar-refractivity contribution is 4.88. The first-order valence-corrected chi connectivity index (χ1v) is 5.97. The number of aliphatic hydroxyl groups is 1. The first-order chi connectivity index (χ1) is 7.18. The first kappa shape index (κ1) is 11.3. The van der Waals surface area contributed by atoms with Crippen molar-refractivity contribution in [2.24, 2.45) is 5.73 Å². The summed E-state index contributed by atoms with van der Waals surface area (Å²) in [7, 11) is 0. The van der Waals surface area contributed by atoms with Crippen LogP contribution in [0.3, 0.4) is 0 Å². The molecule has 0 amide bonds. The fraction of sp³-hybridized carbons (Fsp3) is 1.00. The van der Waals surface area contributed by atoms with Crippen molar-refractivity contribution in [2.75, 3.05) is 19.8 Å². The van der Waals surface area contributed by atoms with E-state index in [1.54, 1.807) is 0 Å². The topological polar surface area (TPSA) is 67.5 Å². The maximum atomic E-state index is 10.2. The van der Waals surface area contributed by atoms with Gasteiger partial charge < -0.3 is 20.9 Å². The summed E-state index contributed by atoms with van der Waals surface area (Å²) < 4.78 is 5.25. The molecular weight excluding hydrogens is 192 g/mol. The third-order valence-corrected chi connectivity index (χ3v) is 3.62. The van der Waals surface area contributed by atoms with Crippen LogP contribution in [0.1, 0.15) is 32.1 Å². The highest BCUT2D eigenvalue weighted by Gasteiger charge is 2.31. The van der Waals surface area contributed by atoms with Gasteiger partial charge >= 0.3 is 0 Å². The molecule has 0 aromatic rings. The monoisotopic (exact) mass is 214 g/mol. The molecule has 1 heterocycles. The molecule has 2 unspecified atom stereocenters. The molecule has 2 atom stereocenters. The summed E-state index contributed by atoms with van der Waals surface area (Å²) in [5.74, 6) is 0. The van der Waals surface area contributed by atoms with Crippen LogP contribution in [0.5, 0.6) is 0 Å². The average Bonchev–Trinajstić information content (AvgIpc) is 2.63. The molecule has 4 N–H and O–H groups in total. The molecule has 15 heavy (non-hydrogen) atoms. The van der Waals surface area contributed by atoms with E-state index in [0.717, 1.165) is 32.1 Å². The molecule has 2 fully saturated rings. The summed E-state index contributed by atoms with van der Waals surface area (Å²) in [5.41, 5.74) is 5.29. The number of hydrogen-bond acceptors (Lipinski definition) is 4. The van der Waals surface area contributed by atoms with Gasteiger partial charge in [0.2, 0.25) is 0 Å². The number of rotatable bonds is 3. The molecule has 4 nitrogen and oxygen atoms in total. The van der Waals surface area contributed by atoms with E-state index < -0.39 is 5.60 Å². The van der Waals surface area contributed by atoms with Crippen LogP contribution in [0, 0.1) is 0 Å². The number of nitrogens with one attached hydrogen (secondary N) is 1. The van der Waals surface area contributed by atoms with Crippen molar-refractivity contribution in [1.82, 2.24) is 5.32 Å². The summed E-state index contributed by atoms with van der Waals surface area (Å²) in [6.07, 6.45) is 4.80. The van der Waals surface area contributed by atoms with Crippen LogP contribution < -0.4 is 11.1 Å². The zero-order valence-corrected chi connectivity index (χ0v) is 9.24. The lowest BCUT2D eigenvalue weighted by Gasteiger charge is -2.33. The Labute approximate surface area is 91.2 Å². The van der Waals surface area contributed by atoms with Gasteiger partial charge in [-0.1, -0.05) is 0 Å². The van der Waals surface area contributed by atoms with Crippen LogP contribution in [0.2, 0.25) is 0 Å². The summed E-state index contributed by atoms with van der Waals surface area (Å²) in [6, 6.07) is 0.860. The van der Waals surface area contributed by atoms with Gasteiger partial charge in [0.1, 0.15) is 0 Å². The van der Waals surface area contributed by atoms with E-state index in [1.807, 2.05) is 0 Å². The van der Waals surface area contributed by atoms with E-state index in [4.69, 9.17) is 10.5 Å². The predicted octanol–water partition coefficient (Wildman–Crippen LogP) is -0.00270. The van der Waals surface area contributed by atoms with Crippen LogP contribution in [0.25, 0.3) is 0 Å². The van der Waals surface area contributed by atoms with Crippen LogP contribution >= 0.6 is 0 Å². The molecule has 1 aliphatic carbocycles. The molecule has 0 bridgehead atoms. The average molecular weight is 214 g/mol. The lowest BCUT2D eigenvalue weighted by atomic mass is 9.94. The lowest BCUT2D eigenvalue weighted by Crippen LogP contribution is -2.47. The van der Waals surface area contributed by atoms with Gasteiger partial charge in [-0.3, -0.25) is 0 Å². The van der Waals surface area contributed by atoms with Crippen LogP contribution in [-0.2, 0) is 4.74 Å². The second kappa shape index (κ2) is 4.78. The molecule has 1 saturated heterocycles. The van der Waals surface area contributed by atoms with Gasteiger partial charge in [0.15, 0.2) is 0 Å².